The minimum absolute atomic E-state index is 0.388. The Hall–Kier alpha value is -1.62. The van der Waals surface area contributed by atoms with Crippen molar-refractivity contribution in [2.75, 3.05) is 6.54 Å². The van der Waals surface area contributed by atoms with Gasteiger partial charge in [-0.1, -0.05) is 19.0 Å². The van der Waals surface area contributed by atoms with Crippen LogP contribution in [0, 0.1) is 18.8 Å². The summed E-state index contributed by atoms with van der Waals surface area (Å²) in [6, 6.07) is 1.85. The van der Waals surface area contributed by atoms with Gasteiger partial charge in [0, 0.05) is 6.42 Å². The van der Waals surface area contributed by atoms with Crippen LogP contribution in [0.3, 0.4) is 0 Å². The lowest BCUT2D eigenvalue weighted by molar-refractivity contribution is 0.332. The summed E-state index contributed by atoms with van der Waals surface area (Å²) in [7, 11) is 0. The number of aromatic nitrogens is 2. The lowest BCUT2D eigenvalue weighted by Crippen LogP contribution is -2.19. The molecule has 0 aliphatic heterocycles. The van der Waals surface area contributed by atoms with E-state index in [1.807, 2.05) is 13.0 Å². The zero-order valence-electron chi connectivity index (χ0n) is 11.7. The Balaban J connectivity index is 2.07. The lowest BCUT2D eigenvalue weighted by atomic mass is 9.94. The Morgan fingerprint density at radius 1 is 1.37 bits per heavy atom. The minimum Gasteiger partial charge on any atom is -0.469 e. The zero-order valence-corrected chi connectivity index (χ0v) is 11.7. The Labute approximate surface area is 113 Å². The summed E-state index contributed by atoms with van der Waals surface area (Å²) in [4.78, 5) is 4.42. The van der Waals surface area contributed by atoms with Crippen molar-refractivity contribution in [3.63, 3.8) is 0 Å². The van der Waals surface area contributed by atoms with E-state index in [1.54, 1.807) is 6.26 Å². The minimum atomic E-state index is 0.388. The number of furan rings is 1. The van der Waals surface area contributed by atoms with Crippen molar-refractivity contribution in [1.29, 1.82) is 0 Å². The van der Waals surface area contributed by atoms with Crippen LogP contribution in [-0.2, 0) is 6.42 Å². The van der Waals surface area contributed by atoms with E-state index < -0.39 is 0 Å². The van der Waals surface area contributed by atoms with Crippen LogP contribution in [0.1, 0.15) is 31.9 Å². The maximum Gasteiger partial charge on any atom is 0.227 e. The topological polar surface area (TPSA) is 78.1 Å². The molecule has 0 saturated carbocycles. The average Bonchev–Trinajstić information content (AvgIpc) is 2.96. The van der Waals surface area contributed by atoms with Gasteiger partial charge in [-0.25, -0.2) is 0 Å². The van der Waals surface area contributed by atoms with Crippen molar-refractivity contribution in [3.05, 3.63) is 24.0 Å². The zero-order chi connectivity index (χ0) is 13.8. The van der Waals surface area contributed by atoms with E-state index in [0.29, 0.717) is 30.1 Å². The third kappa shape index (κ3) is 3.44. The van der Waals surface area contributed by atoms with Crippen molar-refractivity contribution in [3.8, 4) is 11.4 Å². The Morgan fingerprint density at radius 2 is 2.16 bits per heavy atom. The molecule has 5 heteroatoms. The smallest absolute Gasteiger partial charge is 0.227 e. The molecule has 0 aromatic carbocycles. The van der Waals surface area contributed by atoms with Gasteiger partial charge in [0.15, 0.2) is 0 Å². The van der Waals surface area contributed by atoms with Crippen LogP contribution < -0.4 is 5.73 Å². The highest BCUT2D eigenvalue weighted by Gasteiger charge is 2.17. The summed E-state index contributed by atoms with van der Waals surface area (Å²) < 4.78 is 10.5. The number of aryl methyl sites for hydroxylation is 1. The molecule has 2 N–H and O–H groups in total. The van der Waals surface area contributed by atoms with Crippen LogP contribution in [0.2, 0.25) is 0 Å². The van der Waals surface area contributed by atoms with E-state index in [0.717, 1.165) is 24.2 Å². The molecule has 19 heavy (non-hydrogen) atoms. The predicted molar refractivity (Wildman–Crippen MR) is 72.4 cm³/mol. The Kier molecular flexibility index (Phi) is 4.37. The molecule has 5 nitrogen and oxygen atoms in total. The fraction of sp³-hybridized carbons (Fsp3) is 0.571. The van der Waals surface area contributed by atoms with Gasteiger partial charge in [0.25, 0.3) is 0 Å². The molecule has 0 unspecified atom stereocenters. The second-order valence-corrected chi connectivity index (χ2v) is 5.34. The number of nitrogens with zero attached hydrogens (tertiary/aromatic N) is 2. The van der Waals surface area contributed by atoms with Crippen LogP contribution in [0.25, 0.3) is 11.4 Å². The third-order valence-corrected chi connectivity index (χ3v) is 3.17. The van der Waals surface area contributed by atoms with Crippen molar-refractivity contribution in [2.45, 2.75) is 33.6 Å². The van der Waals surface area contributed by atoms with Gasteiger partial charge in [0.05, 0.1) is 11.8 Å². The first-order valence-electron chi connectivity index (χ1n) is 6.67. The van der Waals surface area contributed by atoms with Crippen LogP contribution in [0.5, 0.6) is 0 Å². The van der Waals surface area contributed by atoms with Gasteiger partial charge in [-0.05, 0) is 37.8 Å². The van der Waals surface area contributed by atoms with Gasteiger partial charge in [-0.2, -0.15) is 4.98 Å². The van der Waals surface area contributed by atoms with E-state index in [-0.39, 0.29) is 0 Å². The van der Waals surface area contributed by atoms with Gasteiger partial charge in [-0.3, -0.25) is 0 Å². The first kappa shape index (κ1) is 13.8. The average molecular weight is 263 g/mol. The fourth-order valence-electron chi connectivity index (χ4n) is 2.24. The van der Waals surface area contributed by atoms with Crippen molar-refractivity contribution in [1.82, 2.24) is 10.1 Å². The lowest BCUT2D eigenvalue weighted by Gasteiger charge is -2.14. The largest absolute Gasteiger partial charge is 0.469 e. The molecule has 2 rings (SSSR count). The van der Waals surface area contributed by atoms with Crippen molar-refractivity contribution >= 4 is 0 Å². The molecule has 0 amide bonds. The molecule has 0 bridgehead atoms. The van der Waals surface area contributed by atoms with Gasteiger partial charge in [-0.15, -0.1) is 0 Å². The highest BCUT2D eigenvalue weighted by Crippen LogP contribution is 2.22. The van der Waals surface area contributed by atoms with E-state index in [9.17, 15) is 0 Å². The second kappa shape index (κ2) is 6.02. The van der Waals surface area contributed by atoms with Gasteiger partial charge in [0.2, 0.25) is 11.7 Å². The third-order valence-electron chi connectivity index (χ3n) is 3.17. The summed E-state index contributed by atoms with van der Waals surface area (Å²) >= 11 is 0. The van der Waals surface area contributed by atoms with Crippen molar-refractivity contribution < 1.29 is 8.94 Å². The highest BCUT2D eigenvalue weighted by atomic mass is 16.5. The monoisotopic (exact) mass is 263 g/mol. The summed E-state index contributed by atoms with van der Waals surface area (Å²) in [5, 5.41) is 4.00. The molecule has 2 aromatic rings. The molecule has 0 spiro atoms. The summed E-state index contributed by atoms with van der Waals surface area (Å²) in [5.74, 6) is 3.03. The second-order valence-electron chi connectivity index (χ2n) is 5.34. The molecule has 0 fully saturated rings. The SMILES string of the molecule is Cc1occc1-c1noc(C[C@@H](CN)CC(C)C)n1. The van der Waals surface area contributed by atoms with Crippen LogP contribution in [0.15, 0.2) is 21.3 Å². The molecule has 2 heterocycles. The molecule has 0 aliphatic rings. The number of nitrogens with two attached hydrogens (primary N) is 1. The standard InChI is InChI=1S/C14H21N3O2/c1-9(2)6-11(8-15)7-13-16-14(17-19-13)12-4-5-18-10(12)3/h4-5,9,11H,6-8,15H2,1-3H3/t11-/m0/s1. The first-order valence-corrected chi connectivity index (χ1v) is 6.67. The Morgan fingerprint density at radius 3 is 2.74 bits per heavy atom. The van der Waals surface area contributed by atoms with Gasteiger partial charge < -0.3 is 14.7 Å². The maximum absolute atomic E-state index is 5.79. The van der Waals surface area contributed by atoms with E-state index in [1.165, 1.54) is 0 Å². The van der Waals surface area contributed by atoms with Crippen LogP contribution in [0.4, 0.5) is 0 Å². The number of hydrogen-bond donors (Lipinski definition) is 1. The fourth-order valence-corrected chi connectivity index (χ4v) is 2.24. The molecular weight excluding hydrogens is 242 g/mol. The normalized spacial score (nSPS) is 13.1. The molecule has 0 aliphatic carbocycles. The molecule has 2 aromatic heterocycles. The number of rotatable bonds is 6. The van der Waals surface area contributed by atoms with E-state index in [4.69, 9.17) is 14.7 Å². The van der Waals surface area contributed by atoms with Crippen LogP contribution in [-0.4, -0.2) is 16.7 Å². The predicted octanol–water partition coefficient (Wildman–Crippen LogP) is 2.80. The quantitative estimate of drug-likeness (QED) is 0.867. The highest BCUT2D eigenvalue weighted by molar-refractivity contribution is 5.56. The molecule has 1 atom stereocenters. The molecule has 0 saturated heterocycles. The summed E-state index contributed by atoms with van der Waals surface area (Å²) in [5.41, 5.74) is 6.67. The van der Waals surface area contributed by atoms with Gasteiger partial charge >= 0.3 is 0 Å². The molecular formula is C14H21N3O2. The first-order chi connectivity index (χ1) is 9.10. The molecule has 0 radical (unpaired) electrons. The maximum atomic E-state index is 5.79. The van der Waals surface area contributed by atoms with E-state index >= 15 is 0 Å². The summed E-state index contributed by atoms with van der Waals surface area (Å²) in [6.07, 6.45) is 3.43. The van der Waals surface area contributed by atoms with Crippen LogP contribution >= 0.6 is 0 Å². The van der Waals surface area contributed by atoms with E-state index in [2.05, 4.69) is 24.0 Å². The van der Waals surface area contributed by atoms with Crippen molar-refractivity contribution in [2.24, 2.45) is 17.6 Å². The Bertz CT molecular complexity index is 516. The van der Waals surface area contributed by atoms with Gasteiger partial charge in [0.1, 0.15) is 5.76 Å². The number of hydrogen-bond acceptors (Lipinski definition) is 5. The molecule has 104 valence electrons. The summed E-state index contributed by atoms with van der Waals surface area (Å²) in [6.45, 7) is 6.90.